The van der Waals surface area contributed by atoms with Gasteiger partial charge in [-0.25, -0.2) is 0 Å². The van der Waals surface area contributed by atoms with Crippen LogP contribution in [0, 0.1) is 16.7 Å². The van der Waals surface area contributed by atoms with Gasteiger partial charge in [-0.05, 0) is 42.7 Å². The number of benzene rings is 1. The molecule has 4 atom stereocenters. The van der Waals surface area contributed by atoms with Crippen molar-refractivity contribution in [1.82, 2.24) is 15.5 Å². The molecule has 5 rings (SSSR count). The third-order valence-corrected chi connectivity index (χ3v) is 9.65. The van der Waals surface area contributed by atoms with Crippen molar-refractivity contribution < 1.29 is 28.8 Å². The molecule has 0 bridgehead atoms. The number of nitrogens with zero attached hydrogens (tertiary/aromatic N) is 2. The fourth-order valence-corrected chi connectivity index (χ4v) is 6.23. The number of rotatable bonds is 11. The molecule has 0 unspecified atom stereocenters. The van der Waals surface area contributed by atoms with Gasteiger partial charge in [0.15, 0.2) is 11.4 Å². The molecule has 3 amide bonds. The van der Waals surface area contributed by atoms with Crippen LogP contribution < -0.4 is 10.6 Å². The summed E-state index contributed by atoms with van der Waals surface area (Å²) in [6.07, 6.45) is 4.31. The molecule has 0 radical (unpaired) electrons. The number of carbonyl (C=O) groups excluding carboxylic acids is 5. The number of amides is 3. The average molecular weight is 627 g/mol. The summed E-state index contributed by atoms with van der Waals surface area (Å²) in [6, 6.07) is 4.38. The van der Waals surface area contributed by atoms with Gasteiger partial charge in [-0.3, -0.25) is 24.0 Å². The Kier molecular flexibility index (Phi) is 8.70. The Bertz CT molecular complexity index is 1390. The Morgan fingerprint density at radius 1 is 1.14 bits per heavy atom. The van der Waals surface area contributed by atoms with Crippen molar-refractivity contribution in [3.05, 3.63) is 34.9 Å². The topological polar surface area (TPSA) is 134 Å². The maximum Gasteiger partial charge on any atom is 0.246 e. The fraction of sp³-hybridized carbons (Fsp3) is 0.636. The second-order valence-corrected chi connectivity index (χ2v) is 14.8. The number of hydrogen-bond acceptors (Lipinski definition) is 7. The van der Waals surface area contributed by atoms with E-state index in [-0.39, 0.29) is 31.2 Å². The van der Waals surface area contributed by atoms with Gasteiger partial charge in [0.2, 0.25) is 23.5 Å². The van der Waals surface area contributed by atoms with Crippen LogP contribution in [0.4, 0.5) is 0 Å². The van der Waals surface area contributed by atoms with Crippen LogP contribution in [0.5, 0.6) is 0 Å². The summed E-state index contributed by atoms with van der Waals surface area (Å²) in [5.74, 6) is -1.98. The van der Waals surface area contributed by atoms with Gasteiger partial charge in [0.1, 0.15) is 12.1 Å². The van der Waals surface area contributed by atoms with E-state index in [4.69, 9.17) is 16.4 Å². The molecule has 3 fully saturated rings. The highest BCUT2D eigenvalue weighted by molar-refractivity contribution is 6.39. The Morgan fingerprint density at radius 2 is 1.84 bits per heavy atom. The van der Waals surface area contributed by atoms with Crippen LogP contribution in [0.3, 0.4) is 0 Å². The Balaban J connectivity index is 1.42. The lowest BCUT2D eigenvalue weighted by Crippen LogP contribution is -2.59. The van der Waals surface area contributed by atoms with Gasteiger partial charge in [-0.15, -0.1) is 0 Å². The zero-order valence-electron chi connectivity index (χ0n) is 26.2. The number of ketones is 2. The van der Waals surface area contributed by atoms with Crippen molar-refractivity contribution >= 4 is 46.6 Å². The second-order valence-electron chi connectivity index (χ2n) is 14.4. The van der Waals surface area contributed by atoms with Crippen molar-refractivity contribution in [3.63, 3.8) is 0 Å². The molecule has 238 valence electrons. The first-order valence-corrected chi connectivity index (χ1v) is 16.0. The molecule has 2 saturated carbocycles. The van der Waals surface area contributed by atoms with E-state index in [9.17, 15) is 24.0 Å². The van der Waals surface area contributed by atoms with Gasteiger partial charge in [0.05, 0.1) is 18.3 Å². The first-order chi connectivity index (χ1) is 20.6. The summed E-state index contributed by atoms with van der Waals surface area (Å²) in [4.78, 5) is 74.4. The monoisotopic (exact) mass is 626 g/mol. The highest BCUT2D eigenvalue weighted by atomic mass is 35.5. The lowest BCUT2D eigenvalue weighted by Gasteiger charge is -2.36. The third-order valence-electron chi connectivity index (χ3n) is 9.41. The molecule has 1 spiro atoms. The lowest BCUT2D eigenvalue weighted by atomic mass is 9.85. The Morgan fingerprint density at radius 3 is 2.43 bits per heavy atom. The zero-order chi connectivity index (χ0) is 32.0. The standard InChI is InChI=1S/C33H43ClN4O6/c1-6-25(39)26(40)22(14-19-10-11-19)35-28(41)24-17-33(16-23(37-44-33)20-8-7-9-21(34)15-20)18-38(24)29(42)27(31(2,3)4)36-30(43)32(5)12-13-32/h7-9,15,19,22,24,27H,6,10-14,16-18H2,1-5H3,(H,35,41)(H,36,43)/t22-,24-,27+,33+/m0/s1. The van der Waals surface area contributed by atoms with Crippen molar-refractivity contribution in [1.29, 1.82) is 0 Å². The zero-order valence-corrected chi connectivity index (χ0v) is 27.0. The molecule has 10 nitrogen and oxygen atoms in total. The van der Waals surface area contributed by atoms with Gasteiger partial charge in [-0.2, -0.15) is 0 Å². The number of hydrogen-bond donors (Lipinski definition) is 2. The molecule has 4 aliphatic rings. The van der Waals surface area contributed by atoms with E-state index in [0.717, 1.165) is 31.2 Å². The Hall–Kier alpha value is -3.27. The van der Waals surface area contributed by atoms with E-state index < -0.39 is 57.9 Å². The quantitative estimate of drug-likeness (QED) is 0.357. The molecule has 2 aliphatic heterocycles. The average Bonchev–Trinajstić information content (AvgIpc) is 3.87. The van der Waals surface area contributed by atoms with Gasteiger partial charge in [0, 0.05) is 35.3 Å². The molecule has 2 heterocycles. The normalized spacial score (nSPS) is 25.1. The molecule has 2 N–H and O–H groups in total. The molecule has 1 aromatic rings. The third kappa shape index (κ3) is 6.85. The summed E-state index contributed by atoms with van der Waals surface area (Å²) in [6.45, 7) is 9.18. The van der Waals surface area contributed by atoms with Crippen LogP contribution in [-0.4, -0.2) is 70.2 Å². The predicted molar refractivity (Wildman–Crippen MR) is 165 cm³/mol. The number of nitrogens with one attached hydrogen (secondary N) is 2. The SMILES string of the molecule is CCC(=O)C(=O)[C@H](CC1CC1)NC(=O)[C@@H]1C[C@]2(CC(c3cccc(Cl)c3)=NO2)CN1C(=O)[C@@H](NC(=O)C1(C)CC1)C(C)(C)C. The molecule has 1 aromatic carbocycles. The van der Waals surface area contributed by atoms with Crippen LogP contribution in [-0.2, 0) is 28.8 Å². The van der Waals surface area contributed by atoms with Crippen LogP contribution in [0.2, 0.25) is 5.02 Å². The number of halogens is 1. The maximum atomic E-state index is 14.4. The van der Waals surface area contributed by atoms with Crippen LogP contribution >= 0.6 is 11.6 Å². The van der Waals surface area contributed by atoms with Crippen molar-refractivity contribution in [2.75, 3.05) is 6.54 Å². The smallest absolute Gasteiger partial charge is 0.246 e. The number of oxime groups is 1. The molecule has 11 heteroatoms. The minimum absolute atomic E-state index is 0.0519. The fourth-order valence-electron chi connectivity index (χ4n) is 6.04. The molecule has 0 aromatic heterocycles. The largest absolute Gasteiger partial charge is 0.387 e. The summed E-state index contributed by atoms with van der Waals surface area (Å²) < 4.78 is 0. The number of likely N-dealkylation sites (tertiary alicyclic amines) is 1. The van der Waals surface area contributed by atoms with Gasteiger partial charge >= 0.3 is 0 Å². The summed E-state index contributed by atoms with van der Waals surface area (Å²) in [7, 11) is 0. The first-order valence-electron chi connectivity index (χ1n) is 15.6. The van der Waals surface area contributed by atoms with E-state index in [1.807, 2.05) is 39.8 Å². The second kappa shape index (κ2) is 11.9. The number of Topliss-reactive ketones (excluding diaryl/α,β-unsaturated/α-hetero) is 2. The minimum Gasteiger partial charge on any atom is -0.387 e. The van der Waals surface area contributed by atoms with Crippen LogP contribution in [0.25, 0.3) is 0 Å². The van der Waals surface area contributed by atoms with Crippen molar-refractivity contribution in [3.8, 4) is 0 Å². The summed E-state index contributed by atoms with van der Waals surface area (Å²) in [5, 5.41) is 10.7. The maximum absolute atomic E-state index is 14.4. The van der Waals surface area contributed by atoms with Gasteiger partial charge < -0.3 is 20.4 Å². The number of carbonyl (C=O) groups is 5. The van der Waals surface area contributed by atoms with E-state index in [1.54, 1.807) is 19.1 Å². The van der Waals surface area contributed by atoms with E-state index in [2.05, 4.69) is 15.8 Å². The van der Waals surface area contributed by atoms with E-state index >= 15 is 0 Å². The van der Waals surface area contributed by atoms with E-state index in [0.29, 0.717) is 23.6 Å². The highest BCUT2D eigenvalue weighted by Crippen LogP contribution is 2.46. The van der Waals surface area contributed by atoms with Gasteiger partial charge in [-0.1, -0.05) is 76.3 Å². The van der Waals surface area contributed by atoms with Crippen molar-refractivity contribution in [2.45, 2.75) is 110 Å². The predicted octanol–water partition coefficient (Wildman–Crippen LogP) is 3.97. The Labute approximate surface area is 263 Å². The van der Waals surface area contributed by atoms with Crippen LogP contribution in [0.1, 0.15) is 91.5 Å². The lowest BCUT2D eigenvalue weighted by molar-refractivity contribution is -0.145. The molecule has 44 heavy (non-hydrogen) atoms. The van der Waals surface area contributed by atoms with Crippen LogP contribution in [0.15, 0.2) is 29.4 Å². The first kappa shape index (κ1) is 32.1. The van der Waals surface area contributed by atoms with E-state index in [1.165, 1.54) is 4.90 Å². The summed E-state index contributed by atoms with van der Waals surface area (Å²) in [5.41, 5.74) is -0.710. The van der Waals surface area contributed by atoms with Gasteiger partial charge in [0.25, 0.3) is 0 Å². The molecule has 1 saturated heterocycles. The van der Waals surface area contributed by atoms with Crippen molar-refractivity contribution in [2.24, 2.45) is 21.9 Å². The molecular weight excluding hydrogens is 584 g/mol. The molecule has 2 aliphatic carbocycles. The minimum atomic E-state index is -0.999. The summed E-state index contributed by atoms with van der Waals surface area (Å²) >= 11 is 6.22. The molecular formula is C33H43ClN4O6. The highest BCUT2D eigenvalue weighted by Gasteiger charge is 2.56.